The third-order valence-electron chi connectivity index (χ3n) is 3.25. The molecule has 2 rings (SSSR count). The highest BCUT2D eigenvalue weighted by molar-refractivity contribution is 5.82. The van der Waals surface area contributed by atoms with Crippen molar-refractivity contribution in [3.05, 3.63) is 0 Å². The fourth-order valence-corrected chi connectivity index (χ4v) is 2.54. The fourth-order valence-electron chi connectivity index (χ4n) is 2.54. The topological polar surface area (TPSA) is 35.5 Å². The van der Waals surface area contributed by atoms with E-state index in [1.54, 1.807) is 7.11 Å². The molecule has 0 aliphatic heterocycles. The van der Waals surface area contributed by atoms with Crippen LogP contribution in [0.3, 0.4) is 0 Å². The molecule has 0 aromatic rings. The van der Waals surface area contributed by atoms with Gasteiger partial charge < -0.3 is 9.47 Å². The van der Waals surface area contributed by atoms with Gasteiger partial charge in [-0.3, -0.25) is 4.79 Å². The highest BCUT2D eigenvalue weighted by atomic mass is 16.7. The quantitative estimate of drug-likeness (QED) is 0.621. The number of carbonyl (C=O) groups excluding carboxylic acids is 1. The molecule has 0 amide bonds. The van der Waals surface area contributed by atoms with Gasteiger partial charge in [0.05, 0.1) is 6.10 Å². The van der Waals surface area contributed by atoms with Crippen LogP contribution in [-0.2, 0) is 14.3 Å². The molecular weight excluding hydrogens is 168 g/mol. The summed E-state index contributed by atoms with van der Waals surface area (Å²) in [6.07, 6.45) is 4.03. The smallest absolute Gasteiger partial charge is 0.146 e. The van der Waals surface area contributed by atoms with Gasteiger partial charge in [0, 0.05) is 19.4 Å². The molecule has 3 atom stereocenters. The van der Waals surface area contributed by atoms with Gasteiger partial charge in [-0.2, -0.15) is 0 Å². The predicted octanol–water partition coefficient (Wildman–Crippen LogP) is 1.36. The van der Waals surface area contributed by atoms with Gasteiger partial charge in [-0.1, -0.05) is 0 Å². The molecule has 2 bridgehead atoms. The van der Waals surface area contributed by atoms with Gasteiger partial charge in [-0.05, 0) is 25.2 Å². The minimum atomic E-state index is 0.274. The second-order valence-corrected chi connectivity index (χ2v) is 4.05. The predicted molar refractivity (Wildman–Crippen MR) is 47.2 cm³/mol. The molecule has 74 valence electrons. The number of fused-ring (bicyclic) bond motifs is 2. The van der Waals surface area contributed by atoms with Gasteiger partial charge in [0.25, 0.3) is 0 Å². The van der Waals surface area contributed by atoms with E-state index in [1.165, 1.54) is 0 Å². The van der Waals surface area contributed by atoms with E-state index in [1.807, 2.05) is 0 Å². The second-order valence-electron chi connectivity index (χ2n) is 4.05. The summed E-state index contributed by atoms with van der Waals surface area (Å²) in [5.41, 5.74) is 0. The average Bonchev–Trinajstić information content (AvgIpc) is 2.48. The minimum Gasteiger partial charge on any atom is -0.359 e. The monoisotopic (exact) mass is 184 g/mol. The fraction of sp³-hybridized carbons (Fsp3) is 0.900. The Morgan fingerprint density at radius 3 is 3.00 bits per heavy atom. The molecule has 2 fully saturated rings. The Hall–Kier alpha value is -0.410. The van der Waals surface area contributed by atoms with Crippen molar-refractivity contribution in [2.45, 2.75) is 31.8 Å². The third-order valence-corrected chi connectivity index (χ3v) is 3.25. The molecule has 0 N–H and O–H groups in total. The number of Topliss-reactive ketones (excluding diaryl/α,β-unsaturated/α-hetero) is 1. The molecule has 0 saturated heterocycles. The maximum absolute atomic E-state index is 11.4. The second kappa shape index (κ2) is 3.76. The van der Waals surface area contributed by atoms with Crippen molar-refractivity contribution in [3.63, 3.8) is 0 Å². The van der Waals surface area contributed by atoms with Gasteiger partial charge in [0.15, 0.2) is 0 Å². The Bertz CT molecular complexity index is 202. The van der Waals surface area contributed by atoms with Crippen LogP contribution in [0.2, 0.25) is 0 Å². The molecule has 3 nitrogen and oxygen atoms in total. The Labute approximate surface area is 78.4 Å². The molecule has 0 unspecified atom stereocenters. The van der Waals surface area contributed by atoms with Crippen molar-refractivity contribution < 1.29 is 14.3 Å². The summed E-state index contributed by atoms with van der Waals surface area (Å²) in [6, 6.07) is 0. The highest BCUT2D eigenvalue weighted by Gasteiger charge is 2.41. The van der Waals surface area contributed by atoms with Crippen LogP contribution in [0.4, 0.5) is 0 Å². The van der Waals surface area contributed by atoms with E-state index >= 15 is 0 Å². The normalized spacial score (nSPS) is 38.2. The maximum atomic E-state index is 11.4. The molecule has 13 heavy (non-hydrogen) atoms. The Balaban J connectivity index is 1.90. The van der Waals surface area contributed by atoms with E-state index in [4.69, 9.17) is 9.47 Å². The van der Waals surface area contributed by atoms with Crippen molar-refractivity contribution in [3.8, 4) is 0 Å². The summed E-state index contributed by atoms with van der Waals surface area (Å²) >= 11 is 0. The Morgan fingerprint density at radius 1 is 1.46 bits per heavy atom. The lowest BCUT2D eigenvalue weighted by Crippen LogP contribution is -2.20. The van der Waals surface area contributed by atoms with Gasteiger partial charge in [0.1, 0.15) is 12.6 Å². The summed E-state index contributed by atoms with van der Waals surface area (Å²) < 4.78 is 10.4. The van der Waals surface area contributed by atoms with E-state index in [9.17, 15) is 4.79 Å². The molecule has 2 aliphatic rings. The lowest BCUT2D eigenvalue weighted by atomic mass is 9.88. The zero-order chi connectivity index (χ0) is 9.26. The number of ketones is 1. The van der Waals surface area contributed by atoms with E-state index in [2.05, 4.69) is 0 Å². The number of rotatable bonds is 3. The first-order chi connectivity index (χ1) is 6.31. The largest absolute Gasteiger partial charge is 0.359 e. The lowest BCUT2D eigenvalue weighted by molar-refractivity contribution is -0.124. The first-order valence-corrected chi connectivity index (χ1v) is 4.94. The van der Waals surface area contributed by atoms with Crippen molar-refractivity contribution in [1.82, 2.24) is 0 Å². The molecule has 2 saturated carbocycles. The summed E-state index contributed by atoms with van der Waals surface area (Å²) in [5, 5.41) is 0. The standard InChI is InChI=1S/C10H16O3/c1-12-6-13-10-5-8-4-7(10)2-3-9(8)11/h7-8,10H,2-6H2,1H3/t7-,8+,10+/m0/s1. The van der Waals surface area contributed by atoms with Crippen LogP contribution in [0.15, 0.2) is 0 Å². The SMILES string of the molecule is COCO[C@@H]1C[C@H]2C[C@@H]1CCC2=O. The zero-order valence-corrected chi connectivity index (χ0v) is 7.99. The average molecular weight is 184 g/mol. The van der Waals surface area contributed by atoms with Crippen molar-refractivity contribution in [2.24, 2.45) is 11.8 Å². The van der Waals surface area contributed by atoms with Crippen molar-refractivity contribution in [1.29, 1.82) is 0 Å². The summed E-state index contributed by atoms with van der Waals surface area (Å²) in [5.74, 6) is 1.35. The molecule has 0 spiro atoms. The van der Waals surface area contributed by atoms with Crippen molar-refractivity contribution >= 4 is 5.78 Å². The Kier molecular flexibility index (Phi) is 2.65. The molecule has 0 heterocycles. The van der Waals surface area contributed by atoms with Crippen LogP contribution in [0.25, 0.3) is 0 Å². The summed E-state index contributed by atoms with van der Waals surface area (Å²) in [6.45, 7) is 0.363. The first-order valence-electron chi connectivity index (χ1n) is 4.94. The van der Waals surface area contributed by atoms with E-state index in [-0.39, 0.29) is 6.10 Å². The van der Waals surface area contributed by atoms with Gasteiger partial charge in [-0.15, -0.1) is 0 Å². The molecule has 0 radical (unpaired) electrons. The number of carbonyl (C=O) groups is 1. The molecule has 3 heteroatoms. The van der Waals surface area contributed by atoms with Crippen LogP contribution in [0, 0.1) is 11.8 Å². The zero-order valence-electron chi connectivity index (χ0n) is 7.99. The number of ether oxygens (including phenoxy) is 2. The molecular formula is C10H16O3. The van der Waals surface area contributed by atoms with Crippen LogP contribution in [-0.4, -0.2) is 25.8 Å². The number of hydrogen-bond donors (Lipinski definition) is 0. The number of hydrogen-bond acceptors (Lipinski definition) is 3. The molecule has 0 aromatic carbocycles. The third kappa shape index (κ3) is 1.76. The summed E-state index contributed by atoms with van der Waals surface area (Å²) in [4.78, 5) is 11.4. The first kappa shape index (κ1) is 9.16. The van der Waals surface area contributed by atoms with Crippen LogP contribution in [0.1, 0.15) is 25.7 Å². The van der Waals surface area contributed by atoms with Crippen LogP contribution < -0.4 is 0 Å². The minimum absolute atomic E-state index is 0.274. The maximum Gasteiger partial charge on any atom is 0.146 e. The van der Waals surface area contributed by atoms with Gasteiger partial charge in [0.2, 0.25) is 0 Å². The number of methoxy groups -OCH3 is 1. The molecule has 0 aromatic heterocycles. The summed E-state index contributed by atoms with van der Waals surface area (Å²) in [7, 11) is 1.63. The van der Waals surface area contributed by atoms with E-state index in [0.29, 0.717) is 24.4 Å². The van der Waals surface area contributed by atoms with Gasteiger partial charge >= 0.3 is 0 Å². The van der Waals surface area contributed by atoms with E-state index in [0.717, 1.165) is 25.7 Å². The molecule has 2 aliphatic carbocycles. The highest BCUT2D eigenvalue weighted by Crippen LogP contribution is 2.41. The Morgan fingerprint density at radius 2 is 2.31 bits per heavy atom. The van der Waals surface area contributed by atoms with Crippen molar-refractivity contribution in [2.75, 3.05) is 13.9 Å². The lowest BCUT2D eigenvalue weighted by Gasteiger charge is -2.20. The van der Waals surface area contributed by atoms with Crippen LogP contribution in [0.5, 0.6) is 0 Å². The van der Waals surface area contributed by atoms with Crippen LogP contribution >= 0.6 is 0 Å². The van der Waals surface area contributed by atoms with Gasteiger partial charge in [-0.25, -0.2) is 0 Å². The van der Waals surface area contributed by atoms with E-state index < -0.39 is 0 Å².